The van der Waals surface area contributed by atoms with Crippen molar-refractivity contribution in [2.75, 3.05) is 38.5 Å². The average Bonchev–Trinajstić information content (AvgIpc) is 3.62. The molecule has 0 aromatic heterocycles. The van der Waals surface area contributed by atoms with Crippen LogP contribution in [0.5, 0.6) is 11.5 Å². The van der Waals surface area contributed by atoms with Crippen LogP contribution >= 0.6 is 12.6 Å². The highest BCUT2D eigenvalue weighted by atomic mass is 32.1. The number of nitrogens with one attached hydrogen (secondary N) is 3. The number of rotatable bonds is 8. The predicted octanol–water partition coefficient (Wildman–Crippen LogP) is 5.07. The van der Waals surface area contributed by atoms with E-state index in [0.717, 1.165) is 12.0 Å². The van der Waals surface area contributed by atoms with Gasteiger partial charge < -0.3 is 29.7 Å². The third kappa shape index (κ3) is 5.67. The minimum Gasteiger partial charge on any atom is -0.493 e. The van der Waals surface area contributed by atoms with Gasteiger partial charge in [0.15, 0.2) is 11.5 Å². The van der Waals surface area contributed by atoms with Crippen LogP contribution in [0, 0.1) is 5.82 Å². The van der Waals surface area contributed by atoms with Crippen molar-refractivity contribution in [3.63, 3.8) is 0 Å². The van der Waals surface area contributed by atoms with E-state index in [1.807, 2.05) is 0 Å². The molecule has 3 amide bonds. The van der Waals surface area contributed by atoms with Crippen molar-refractivity contribution in [2.24, 2.45) is 0 Å². The maximum atomic E-state index is 15.3. The van der Waals surface area contributed by atoms with E-state index in [9.17, 15) is 14.4 Å². The minimum absolute atomic E-state index is 0.0221. The summed E-state index contributed by atoms with van der Waals surface area (Å²) in [5, 5.41) is 8.42. The molecule has 2 heterocycles. The lowest BCUT2D eigenvalue weighted by molar-refractivity contribution is -0.133. The Morgan fingerprint density at radius 1 is 1.07 bits per heavy atom. The number of hydrogen-bond acceptors (Lipinski definition) is 8. The summed E-state index contributed by atoms with van der Waals surface area (Å²) in [4.78, 5) is 40.9. The van der Waals surface area contributed by atoms with Gasteiger partial charge in [-0.15, -0.1) is 12.6 Å². The van der Waals surface area contributed by atoms with Crippen LogP contribution in [0.1, 0.15) is 52.0 Å². The fourth-order valence-electron chi connectivity index (χ4n) is 5.42. The van der Waals surface area contributed by atoms with E-state index in [1.165, 1.54) is 33.5 Å². The molecule has 0 aliphatic carbocycles. The Kier molecular flexibility index (Phi) is 8.44. The van der Waals surface area contributed by atoms with Crippen LogP contribution in [-0.4, -0.2) is 50.7 Å². The van der Waals surface area contributed by atoms with E-state index in [1.54, 1.807) is 41.3 Å². The smallest absolute Gasteiger partial charge is 0.411 e. The molecule has 1 saturated heterocycles. The first-order chi connectivity index (χ1) is 20.2. The highest BCUT2D eigenvalue weighted by molar-refractivity contribution is 7.80. The number of methoxy groups -OCH3 is 3. The van der Waals surface area contributed by atoms with Crippen molar-refractivity contribution in [1.29, 1.82) is 0 Å². The lowest BCUT2D eigenvalue weighted by atomic mass is 10.00. The molecular weight excluding hydrogens is 563 g/mol. The summed E-state index contributed by atoms with van der Waals surface area (Å²) in [6.45, 7) is 0.695. The number of carbonyl (C=O) groups excluding carboxylic acids is 3. The maximum absolute atomic E-state index is 15.3. The Morgan fingerprint density at radius 3 is 2.60 bits per heavy atom. The third-order valence-electron chi connectivity index (χ3n) is 7.52. The number of carbonyl (C=O) groups is 3. The molecule has 220 valence electrons. The van der Waals surface area contributed by atoms with Crippen LogP contribution in [0.15, 0.2) is 53.4 Å². The Labute approximate surface area is 247 Å². The monoisotopic (exact) mass is 594 g/mol. The van der Waals surface area contributed by atoms with Crippen LogP contribution in [0.2, 0.25) is 0 Å². The summed E-state index contributed by atoms with van der Waals surface area (Å²) in [5.74, 6) is -0.320. The van der Waals surface area contributed by atoms with Gasteiger partial charge in [-0.3, -0.25) is 14.9 Å². The molecule has 3 N–H and O–H groups in total. The molecule has 5 rings (SSSR count). The summed E-state index contributed by atoms with van der Waals surface area (Å²) in [6, 6.07) is 11.6. The SMILES string of the molecule is COC(=O)Nc1ccc(S)c([C@H]2CCCN2C(=O)[C@H](Nc2cc3c(cc2F)CNC3=O)c2ccc(OC)c(OC)c2)c1. The van der Waals surface area contributed by atoms with Crippen LogP contribution < -0.4 is 25.4 Å². The number of anilines is 2. The standard InChI is InChI=1S/C30H31FN4O6S/c1-39-24-8-6-16(12-25(24)40-2)27(34-22-14-19-17(11-21(22)31)15-32-28(19)36)29(37)35-10-4-5-23(35)20-13-18(7-9-26(20)42)33-30(38)41-3/h6-9,11-14,23,27,34,42H,4-5,10,15H2,1-3H3,(H,32,36)(H,33,38)/t23-,27-/m1/s1. The fourth-order valence-corrected chi connectivity index (χ4v) is 5.70. The van der Waals surface area contributed by atoms with Crippen LogP contribution in [0.3, 0.4) is 0 Å². The lowest BCUT2D eigenvalue weighted by Crippen LogP contribution is -2.38. The van der Waals surface area contributed by atoms with Crippen molar-refractivity contribution in [3.8, 4) is 11.5 Å². The molecule has 0 saturated carbocycles. The molecule has 12 heteroatoms. The molecule has 10 nitrogen and oxygen atoms in total. The number of hydrogen-bond donors (Lipinski definition) is 4. The maximum Gasteiger partial charge on any atom is 0.411 e. The highest BCUT2D eigenvalue weighted by Crippen LogP contribution is 2.40. The van der Waals surface area contributed by atoms with Crippen molar-refractivity contribution >= 4 is 41.9 Å². The summed E-state index contributed by atoms with van der Waals surface area (Å²) in [7, 11) is 4.28. The fraction of sp³-hybridized carbons (Fsp3) is 0.300. The number of benzene rings is 3. The minimum atomic E-state index is -1.04. The molecule has 3 aromatic rings. The molecular formula is C30H31FN4O6S. The second-order valence-corrected chi connectivity index (χ2v) is 10.4. The van der Waals surface area contributed by atoms with E-state index in [0.29, 0.717) is 51.7 Å². The van der Waals surface area contributed by atoms with Crippen molar-refractivity contribution in [1.82, 2.24) is 10.2 Å². The van der Waals surface area contributed by atoms with E-state index < -0.39 is 18.0 Å². The van der Waals surface area contributed by atoms with Gasteiger partial charge in [0.2, 0.25) is 5.91 Å². The number of thiol groups is 1. The molecule has 0 spiro atoms. The summed E-state index contributed by atoms with van der Waals surface area (Å²) >= 11 is 4.64. The molecule has 0 bridgehead atoms. The van der Waals surface area contributed by atoms with E-state index in [4.69, 9.17) is 14.2 Å². The van der Waals surface area contributed by atoms with Gasteiger partial charge in [0.25, 0.3) is 5.91 Å². The van der Waals surface area contributed by atoms with Crippen molar-refractivity contribution in [3.05, 3.63) is 76.6 Å². The first-order valence-corrected chi connectivity index (χ1v) is 13.8. The Morgan fingerprint density at radius 2 is 1.86 bits per heavy atom. The van der Waals surface area contributed by atoms with Gasteiger partial charge in [-0.05, 0) is 72.0 Å². The zero-order valence-electron chi connectivity index (χ0n) is 23.3. The molecule has 3 aromatic carbocycles. The summed E-state index contributed by atoms with van der Waals surface area (Å²) in [6.07, 6.45) is 0.770. The zero-order valence-corrected chi connectivity index (χ0v) is 24.2. The van der Waals surface area contributed by atoms with E-state index >= 15 is 4.39 Å². The summed E-state index contributed by atoms with van der Waals surface area (Å²) < 4.78 is 30.9. The number of fused-ring (bicyclic) bond motifs is 1. The largest absolute Gasteiger partial charge is 0.493 e. The molecule has 2 aliphatic rings. The molecule has 0 unspecified atom stereocenters. The van der Waals surface area contributed by atoms with Gasteiger partial charge in [0.1, 0.15) is 11.9 Å². The van der Waals surface area contributed by atoms with Crippen molar-refractivity contribution in [2.45, 2.75) is 36.4 Å². The second kappa shape index (κ2) is 12.2. The molecule has 1 fully saturated rings. The molecule has 0 radical (unpaired) electrons. The lowest BCUT2D eigenvalue weighted by Gasteiger charge is -2.31. The van der Waals surface area contributed by atoms with Crippen LogP contribution in [-0.2, 0) is 16.1 Å². The van der Waals surface area contributed by atoms with Crippen LogP contribution in [0.4, 0.5) is 20.6 Å². The summed E-state index contributed by atoms with van der Waals surface area (Å²) in [5.41, 5.74) is 2.70. The quantitative estimate of drug-likeness (QED) is 0.269. The number of nitrogens with zero attached hydrogens (tertiary/aromatic N) is 1. The van der Waals surface area contributed by atoms with Gasteiger partial charge in [-0.1, -0.05) is 6.07 Å². The molecule has 42 heavy (non-hydrogen) atoms. The van der Waals surface area contributed by atoms with Crippen molar-refractivity contribution < 1.29 is 33.0 Å². The normalized spacial score (nSPS) is 16.4. The average molecular weight is 595 g/mol. The van der Waals surface area contributed by atoms with Gasteiger partial charge in [-0.25, -0.2) is 9.18 Å². The number of ether oxygens (including phenoxy) is 3. The Hall–Kier alpha value is -4.45. The van der Waals surface area contributed by atoms with Gasteiger partial charge in [-0.2, -0.15) is 0 Å². The topological polar surface area (TPSA) is 118 Å². The van der Waals surface area contributed by atoms with Gasteiger partial charge in [0.05, 0.1) is 33.1 Å². The van der Waals surface area contributed by atoms with E-state index in [2.05, 4.69) is 28.6 Å². The highest BCUT2D eigenvalue weighted by Gasteiger charge is 2.37. The predicted molar refractivity (Wildman–Crippen MR) is 157 cm³/mol. The third-order valence-corrected chi connectivity index (χ3v) is 7.93. The number of likely N-dealkylation sites (tertiary alicyclic amines) is 1. The Balaban J connectivity index is 1.53. The van der Waals surface area contributed by atoms with Crippen LogP contribution in [0.25, 0.3) is 0 Å². The number of amides is 3. The molecule has 2 atom stereocenters. The Bertz CT molecular complexity index is 1550. The first kappa shape index (κ1) is 29.1. The zero-order chi connectivity index (χ0) is 30.0. The van der Waals surface area contributed by atoms with E-state index in [-0.39, 0.29) is 30.1 Å². The van der Waals surface area contributed by atoms with Gasteiger partial charge >= 0.3 is 6.09 Å². The first-order valence-electron chi connectivity index (χ1n) is 13.3. The number of halogens is 1. The molecule has 2 aliphatic heterocycles. The van der Waals surface area contributed by atoms with Gasteiger partial charge in [0, 0.05) is 29.2 Å². The second-order valence-electron chi connectivity index (χ2n) is 9.94.